The van der Waals surface area contributed by atoms with E-state index in [0.29, 0.717) is 5.84 Å². The molecule has 1 N–H and O–H groups in total. The molecule has 0 spiro atoms. The van der Waals surface area contributed by atoms with Crippen molar-refractivity contribution in [1.29, 1.82) is 0 Å². The minimum atomic E-state index is -3.84. The highest BCUT2D eigenvalue weighted by molar-refractivity contribution is 7.90. The summed E-state index contributed by atoms with van der Waals surface area (Å²) in [6, 6.07) is 22.5. The van der Waals surface area contributed by atoms with Gasteiger partial charge in [0.1, 0.15) is 0 Å². The fourth-order valence-corrected chi connectivity index (χ4v) is 4.26. The Bertz CT molecular complexity index is 1240. The van der Waals surface area contributed by atoms with Crippen molar-refractivity contribution >= 4 is 38.9 Å². The van der Waals surface area contributed by atoms with Crippen LogP contribution in [0.5, 0.6) is 0 Å². The lowest BCUT2D eigenvalue weighted by atomic mass is 10.0. The summed E-state index contributed by atoms with van der Waals surface area (Å²) >= 11 is 0. The van der Waals surface area contributed by atoms with Crippen molar-refractivity contribution < 1.29 is 8.42 Å². The average molecular weight is 418 g/mol. The van der Waals surface area contributed by atoms with Gasteiger partial charge in [-0.3, -0.25) is 0 Å². The van der Waals surface area contributed by atoms with Gasteiger partial charge >= 0.3 is 0 Å². The minimum absolute atomic E-state index is 0.174. The fraction of sp³-hybridized carbons (Fsp3) is 0.125. The molecule has 3 aromatic carbocycles. The van der Waals surface area contributed by atoms with E-state index in [2.05, 4.69) is 9.71 Å². The molecule has 0 atom stereocenters. The second kappa shape index (κ2) is 7.80. The number of anilines is 2. The lowest BCUT2D eigenvalue weighted by Crippen LogP contribution is -2.10. The molecule has 0 radical (unpaired) electrons. The maximum atomic E-state index is 12.9. The molecule has 4 rings (SSSR count). The number of benzene rings is 3. The Kier molecular flexibility index (Phi) is 5.18. The standard InChI is InChI=1S/C24H23N3O2S/c1-17-8-14-20(15-9-17)30(28,29)26-24-22(21-6-4-5-7-23(21)25-24)16-18-10-12-19(13-11-18)27(2)3/h4-16H,1-3H3,(H,25,26)/b22-16-. The molecule has 3 aromatic rings. The van der Waals surface area contributed by atoms with Crippen LogP contribution >= 0.6 is 0 Å². The van der Waals surface area contributed by atoms with Crippen molar-refractivity contribution in [3.05, 3.63) is 89.5 Å². The van der Waals surface area contributed by atoms with Crippen molar-refractivity contribution in [2.45, 2.75) is 11.8 Å². The lowest BCUT2D eigenvalue weighted by molar-refractivity contribution is 0.598. The van der Waals surface area contributed by atoms with Crippen molar-refractivity contribution in [3.63, 3.8) is 0 Å². The van der Waals surface area contributed by atoms with Gasteiger partial charge in [-0.05, 0) is 48.9 Å². The van der Waals surface area contributed by atoms with E-state index in [4.69, 9.17) is 0 Å². The molecule has 5 nitrogen and oxygen atoms in total. The number of rotatable bonds is 4. The number of amidine groups is 1. The second-order valence-corrected chi connectivity index (χ2v) is 9.05. The molecule has 0 bridgehead atoms. The smallest absolute Gasteiger partial charge is 0.284 e. The Hall–Kier alpha value is -3.38. The Morgan fingerprint density at radius 1 is 0.900 bits per heavy atom. The first kappa shape index (κ1) is 19.9. The van der Waals surface area contributed by atoms with Gasteiger partial charge in [0.2, 0.25) is 0 Å². The number of hydrogen-bond acceptors (Lipinski definition) is 3. The highest BCUT2D eigenvalue weighted by Gasteiger charge is 2.25. The van der Waals surface area contributed by atoms with Gasteiger partial charge < -0.3 is 10.2 Å². The van der Waals surface area contributed by atoms with Gasteiger partial charge in [-0.2, -0.15) is 8.42 Å². The van der Waals surface area contributed by atoms with Crippen LogP contribution in [-0.2, 0) is 10.0 Å². The summed E-state index contributed by atoms with van der Waals surface area (Å²) in [4.78, 5) is 2.21. The number of nitrogens with one attached hydrogen (secondary N) is 1. The molecule has 0 saturated carbocycles. The molecule has 0 fully saturated rings. The minimum Gasteiger partial charge on any atom is -0.378 e. The van der Waals surface area contributed by atoms with E-state index in [1.54, 1.807) is 24.3 Å². The van der Waals surface area contributed by atoms with E-state index in [-0.39, 0.29) is 4.90 Å². The maximum absolute atomic E-state index is 12.9. The molecule has 30 heavy (non-hydrogen) atoms. The average Bonchev–Trinajstić information content (AvgIpc) is 3.05. The van der Waals surface area contributed by atoms with E-state index in [9.17, 15) is 8.42 Å². The highest BCUT2D eigenvalue weighted by Crippen LogP contribution is 2.34. The van der Waals surface area contributed by atoms with E-state index in [1.165, 1.54) is 0 Å². The molecule has 1 aliphatic heterocycles. The third kappa shape index (κ3) is 4.00. The Morgan fingerprint density at radius 2 is 1.57 bits per heavy atom. The number of nitrogens with zero attached hydrogens (tertiary/aromatic N) is 2. The molecular weight excluding hydrogens is 394 g/mol. The van der Waals surface area contributed by atoms with Crippen LogP contribution in [0.25, 0.3) is 11.6 Å². The van der Waals surface area contributed by atoms with Gasteiger partial charge in [-0.25, -0.2) is 0 Å². The molecule has 0 aliphatic carbocycles. The quantitative estimate of drug-likeness (QED) is 0.661. The van der Waals surface area contributed by atoms with Crippen LogP contribution in [0.4, 0.5) is 11.4 Å². The SMILES string of the molecule is Cc1ccc(S(=O)(=O)/N=C2\Nc3ccccc3\C2=C\c2ccc(N(C)C)cc2)cc1. The van der Waals surface area contributed by atoms with Crippen LogP contribution < -0.4 is 10.2 Å². The number of fused-ring (bicyclic) bond motifs is 1. The highest BCUT2D eigenvalue weighted by atomic mass is 32.2. The Morgan fingerprint density at radius 3 is 2.23 bits per heavy atom. The van der Waals surface area contributed by atoms with Gasteiger partial charge in [0.15, 0.2) is 5.84 Å². The summed E-state index contributed by atoms with van der Waals surface area (Å²) in [5.41, 5.74) is 5.57. The van der Waals surface area contributed by atoms with E-state index < -0.39 is 10.0 Å². The monoisotopic (exact) mass is 417 g/mol. The van der Waals surface area contributed by atoms with Crippen LogP contribution in [0, 0.1) is 6.92 Å². The molecule has 152 valence electrons. The van der Waals surface area contributed by atoms with Gasteiger partial charge in [0.25, 0.3) is 10.0 Å². The molecule has 0 unspecified atom stereocenters. The zero-order chi connectivity index (χ0) is 21.3. The first-order valence-electron chi connectivity index (χ1n) is 9.61. The topological polar surface area (TPSA) is 61.8 Å². The Labute approximate surface area is 177 Å². The van der Waals surface area contributed by atoms with Gasteiger partial charge in [-0.15, -0.1) is 4.40 Å². The van der Waals surface area contributed by atoms with Crippen LogP contribution in [-0.4, -0.2) is 28.3 Å². The number of hydrogen-bond donors (Lipinski definition) is 1. The number of aryl methyl sites for hydroxylation is 1. The summed E-state index contributed by atoms with van der Waals surface area (Å²) in [5.74, 6) is 0.327. The first-order chi connectivity index (χ1) is 14.3. The van der Waals surface area contributed by atoms with E-state index >= 15 is 0 Å². The van der Waals surface area contributed by atoms with Crippen LogP contribution in [0.3, 0.4) is 0 Å². The molecular formula is C24H23N3O2S. The summed E-state index contributed by atoms with van der Waals surface area (Å²) in [7, 11) is 0.139. The number of para-hydroxylation sites is 1. The molecule has 0 saturated heterocycles. The van der Waals surface area contributed by atoms with Gasteiger partial charge in [0.05, 0.1) is 4.90 Å². The first-order valence-corrected chi connectivity index (χ1v) is 11.0. The molecule has 6 heteroatoms. The summed E-state index contributed by atoms with van der Waals surface area (Å²) < 4.78 is 30.0. The van der Waals surface area contributed by atoms with Crippen LogP contribution in [0.2, 0.25) is 0 Å². The molecule has 0 aromatic heterocycles. The Balaban J connectivity index is 1.79. The predicted octanol–water partition coefficient (Wildman–Crippen LogP) is 4.81. The summed E-state index contributed by atoms with van der Waals surface area (Å²) in [6.45, 7) is 1.92. The maximum Gasteiger partial charge on any atom is 0.284 e. The zero-order valence-electron chi connectivity index (χ0n) is 17.1. The van der Waals surface area contributed by atoms with E-state index in [1.807, 2.05) is 80.5 Å². The van der Waals surface area contributed by atoms with Crippen molar-refractivity contribution in [3.8, 4) is 0 Å². The molecule has 0 amide bonds. The second-order valence-electron chi connectivity index (χ2n) is 7.44. The summed E-state index contributed by atoms with van der Waals surface area (Å²) in [5, 5.41) is 3.17. The predicted molar refractivity (Wildman–Crippen MR) is 125 cm³/mol. The summed E-state index contributed by atoms with van der Waals surface area (Å²) in [6.07, 6.45) is 1.96. The van der Waals surface area contributed by atoms with E-state index in [0.717, 1.165) is 33.6 Å². The lowest BCUT2D eigenvalue weighted by Gasteiger charge is -2.12. The molecule has 1 aliphatic rings. The van der Waals surface area contributed by atoms with Crippen molar-refractivity contribution in [2.75, 3.05) is 24.3 Å². The third-order valence-electron chi connectivity index (χ3n) is 4.98. The third-order valence-corrected chi connectivity index (χ3v) is 6.27. The fourth-order valence-electron chi connectivity index (χ4n) is 3.29. The van der Waals surface area contributed by atoms with Crippen LogP contribution in [0.15, 0.2) is 82.1 Å². The van der Waals surface area contributed by atoms with Crippen molar-refractivity contribution in [1.82, 2.24) is 0 Å². The normalized spacial score (nSPS) is 15.8. The van der Waals surface area contributed by atoms with Gasteiger partial charge in [-0.1, -0.05) is 48.0 Å². The zero-order valence-corrected chi connectivity index (χ0v) is 17.9. The van der Waals surface area contributed by atoms with Gasteiger partial charge in [0, 0.05) is 36.6 Å². The van der Waals surface area contributed by atoms with Crippen LogP contribution in [0.1, 0.15) is 16.7 Å². The van der Waals surface area contributed by atoms with Crippen molar-refractivity contribution in [2.24, 2.45) is 4.40 Å². The largest absolute Gasteiger partial charge is 0.378 e. The molecule has 1 heterocycles. The number of sulfonamides is 1.